The van der Waals surface area contributed by atoms with E-state index >= 15 is 0 Å². The summed E-state index contributed by atoms with van der Waals surface area (Å²) in [4.78, 5) is 34.3. The molecule has 0 aliphatic carbocycles. The Hall–Kier alpha value is -1.44. The molecular weight excluding hydrogens is 334 g/mol. The first-order valence-electron chi connectivity index (χ1n) is 8.30. The van der Waals surface area contributed by atoms with Crippen LogP contribution in [0.25, 0.3) is 0 Å². The maximum absolute atomic E-state index is 11.8. The number of carbonyl (C=O) groups excluding carboxylic acids is 2. The largest absolute Gasteiger partial charge is 0.480 e. The van der Waals surface area contributed by atoms with E-state index in [1.165, 1.54) is 11.8 Å². The molecule has 0 fully saturated rings. The molecule has 0 aromatic rings. The van der Waals surface area contributed by atoms with E-state index in [0.29, 0.717) is 0 Å². The summed E-state index contributed by atoms with van der Waals surface area (Å²) in [6, 6.07) is 0. The van der Waals surface area contributed by atoms with E-state index in [2.05, 4.69) is 12.2 Å². The van der Waals surface area contributed by atoms with Crippen LogP contribution in [-0.4, -0.2) is 47.0 Å². The SMILES string of the molecule is CCCCCS[C@@H](CNC(=O)O[C@H](OC(=O)CC)C(C)C)C(=O)O. The fourth-order valence-electron chi connectivity index (χ4n) is 1.63. The van der Waals surface area contributed by atoms with Crippen molar-refractivity contribution in [2.75, 3.05) is 12.3 Å². The van der Waals surface area contributed by atoms with Crippen LogP contribution in [-0.2, 0) is 19.1 Å². The zero-order chi connectivity index (χ0) is 18.5. The normalized spacial score (nSPS) is 13.2. The van der Waals surface area contributed by atoms with Crippen LogP contribution >= 0.6 is 11.8 Å². The number of nitrogens with one attached hydrogen (secondary N) is 1. The Morgan fingerprint density at radius 3 is 2.29 bits per heavy atom. The quantitative estimate of drug-likeness (QED) is 0.312. The Balaban J connectivity index is 4.34. The molecule has 0 unspecified atom stereocenters. The Morgan fingerprint density at radius 2 is 1.79 bits per heavy atom. The van der Waals surface area contributed by atoms with Crippen molar-refractivity contribution in [3.63, 3.8) is 0 Å². The lowest BCUT2D eigenvalue weighted by Gasteiger charge is -2.21. The van der Waals surface area contributed by atoms with Gasteiger partial charge in [-0.05, 0) is 12.2 Å². The number of carboxylic acid groups (broad SMARTS) is 1. The average molecular weight is 363 g/mol. The van der Waals surface area contributed by atoms with Gasteiger partial charge in [-0.1, -0.05) is 40.5 Å². The van der Waals surface area contributed by atoms with E-state index in [1.54, 1.807) is 20.8 Å². The first-order chi connectivity index (χ1) is 11.3. The number of unbranched alkanes of at least 4 members (excludes halogenated alkanes) is 2. The van der Waals surface area contributed by atoms with Gasteiger partial charge in [-0.2, -0.15) is 0 Å². The number of hydrogen-bond donors (Lipinski definition) is 2. The number of hydrogen-bond acceptors (Lipinski definition) is 6. The molecule has 0 aromatic heterocycles. The number of esters is 1. The molecule has 0 radical (unpaired) electrons. The predicted molar refractivity (Wildman–Crippen MR) is 92.9 cm³/mol. The van der Waals surface area contributed by atoms with Gasteiger partial charge in [0.1, 0.15) is 5.25 Å². The van der Waals surface area contributed by atoms with Gasteiger partial charge in [0.15, 0.2) is 0 Å². The van der Waals surface area contributed by atoms with Crippen molar-refractivity contribution in [2.45, 2.75) is 64.9 Å². The Bertz CT molecular complexity index is 402. The van der Waals surface area contributed by atoms with E-state index in [1.807, 2.05) is 0 Å². The van der Waals surface area contributed by atoms with Gasteiger partial charge in [0.2, 0.25) is 0 Å². The Kier molecular flexibility index (Phi) is 12.1. The standard InChI is InChI=1S/C16H29NO6S/c1-5-7-8-9-24-12(14(19)20)10-17-16(21)23-15(11(3)4)22-13(18)6-2/h11-12,15H,5-10H2,1-4H3,(H,17,21)(H,19,20)/t12-,15-/m0/s1. The molecule has 2 atom stereocenters. The molecule has 1 amide bonds. The molecule has 0 spiro atoms. The number of carbonyl (C=O) groups is 3. The molecule has 140 valence electrons. The summed E-state index contributed by atoms with van der Waals surface area (Å²) < 4.78 is 10.1. The van der Waals surface area contributed by atoms with Gasteiger partial charge in [-0.25, -0.2) is 4.79 Å². The number of carboxylic acids is 1. The van der Waals surface area contributed by atoms with E-state index in [0.717, 1.165) is 25.0 Å². The molecule has 0 aromatic carbocycles. The van der Waals surface area contributed by atoms with Gasteiger partial charge >= 0.3 is 18.0 Å². The maximum Gasteiger partial charge on any atom is 0.410 e. The van der Waals surface area contributed by atoms with E-state index < -0.39 is 29.6 Å². The average Bonchev–Trinajstić information content (AvgIpc) is 2.52. The molecule has 0 saturated heterocycles. The van der Waals surface area contributed by atoms with Crippen molar-refractivity contribution in [3.8, 4) is 0 Å². The number of aliphatic carboxylic acids is 1. The zero-order valence-electron chi connectivity index (χ0n) is 14.9. The van der Waals surface area contributed by atoms with Gasteiger partial charge in [0, 0.05) is 18.9 Å². The molecule has 0 heterocycles. The summed E-state index contributed by atoms with van der Waals surface area (Å²) in [6.07, 6.45) is 1.46. The van der Waals surface area contributed by atoms with Gasteiger partial charge in [0.05, 0.1) is 0 Å². The van der Waals surface area contributed by atoms with Crippen LogP contribution in [0.1, 0.15) is 53.4 Å². The Labute approximate surface area is 147 Å². The lowest BCUT2D eigenvalue weighted by molar-refractivity contribution is -0.174. The third kappa shape index (κ3) is 10.4. The second-order valence-electron chi connectivity index (χ2n) is 5.65. The minimum absolute atomic E-state index is 0.0441. The number of alkyl carbamates (subject to hydrolysis) is 1. The van der Waals surface area contributed by atoms with Crippen molar-refractivity contribution in [3.05, 3.63) is 0 Å². The van der Waals surface area contributed by atoms with Gasteiger partial charge < -0.3 is 19.9 Å². The van der Waals surface area contributed by atoms with E-state index in [4.69, 9.17) is 9.47 Å². The summed E-state index contributed by atoms with van der Waals surface area (Å²) in [5.41, 5.74) is 0. The molecule has 0 aliphatic heterocycles. The third-order valence-corrected chi connectivity index (χ3v) is 4.37. The van der Waals surface area contributed by atoms with Crippen molar-refractivity contribution in [1.29, 1.82) is 0 Å². The minimum atomic E-state index is -0.988. The molecule has 0 saturated carbocycles. The van der Waals surface area contributed by atoms with Crippen LogP contribution in [0.5, 0.6) is 0 Å². The lowest BCUT2D eigenvalue weighted by Crippen LogP contribution is -2.39. The highest BCUT2D eigenvalue weighted by atomic mass is 32.2. The van der Waals surface area contributed by atoms with Crippen molar-refractivity contribution >= 4 is 29.8 Å². The summed E-state index contributed by atoms with van der Waals surface area (Å²) in [5.74, 6) is -0.916. The molecular formula is C16H29NO6S. The molecule has 0 aliphatic rings. The number of amides is 1. The molecule has 7 nitrogen and oxygen atoms in total. The number of thioether (sulfide) groups is 1. The molecule has 8 heteroatoms. The lowest BCUT2D eigenvalue weighted by atomic mass is 10.2. The van der Waals surface area contributed by atoms with Crippen LogP contribution < -0.4 is 5.32 Å². The van der Waals surface area contributed by atoms with Crippen LogP contribution in [0.4, 0.5) is 4.79 Å². The Morgan fingerprint density at radius 1 is 1.12 bits per heavy atom. The molecule has 0 rings (SSSR count). The van der Waals surface area contributed by atoms with Crippen molar-refractivity contribution < 1.29 is 29.0 Å². The van der Waals surface area contributed by atoms with E-state index in [9.17, 15) is 19.5 Å². The molecule has 0 bridgehead atoms. The smallest absolute Gasteiger partial charge is 0.410 e. The summed E-state index contributed by atoms with van der Waals surface area (Å²) in [5, 5.41) is 10.9. The minimum Gasteiger partial charge on any atom is -0.480 e. The third-order valence-electron chi connectivity index (χ3n) is 3.08. The van der Waals surface area contributed by atoms with Crippen LogP contribution in [0.15, 0.2) is 0 Å². The fourth-order valence-corrected chi connectivity index (χ4v) is 2.63. The van der Waals surface area contributed by atoms with Crippen LogP contribution in [0.2, 0.25) is 0 Å². The van der Waals surface area contributed by atoms with Gasteiger partial charge in [-0.3, -0.25) is 9.59 Å². The monoisotopic (exact) mass is 363 g/mol. The van der Waals surface area contributed by atoms with Gasteiger partial charge in [-0.15, -0.1) is 11.8 Å². The fraction of sp³-hybridized carbons (Fsp3) is 0.812. The van der Waals surface area contributed by atoms with Crippen molar-refractivity contribution in [1.82, 2.24) is 5.32 Å². The zero-order valence-corrected chi connectivity index (χ0v) is 15.7. The first kappa shape index (κ1) is 22.6. The van der Waals surface area contributed by atoms with Crippen LogP contribution in [0.3, 0.4) is 0 Å². The topological polar surface area (TPSA) is 102 Å². The van der Waals surface area contributed by atoms with E-state index in [-0.39, 0.29) is 18.9 Å². The second-order valence-corrected chi connectivity index (χ2v) is 6.96. The highest BCUT2D eigenvalue weighted by molar-refractivity contribution is 8.00. The highest BCUT2D eigenvalue weighted by Crippen LogP contribution is 2.14. The summed E-state index contributed by atoms with van der Waals surface area (Å²) in [6.45, 7) is 7.19. The summed E-state index contributed by atoms with van der Waals surface area (Å²) in [7, 11) is 0. The first-order valence-corrected chi connectivity index (χ1v) is 9.35. The van der Waals surface area contributed by atoms with Crippen molar-refractivity contribution in [2.24, 2.45) is 5.92 Å². The second kappa shape index (κ2) is 12.9. The maximum atomic E-state index is 11.8. The number of rotatable bonds is 12. The van der Waals surface area contributed by atoms with Crippen LogP contribution in [0, 0.1) is 5.92 Å². The highest BCUT2D eigenvalue weighted by Gasteiger charge is 2.24. The summed E-state index contributed by atoms with van der Waals surface area (Å²) >= 11 is 1.30. The molecule has 24 heavy (non-hydrogen) atoms. The predicted octanol–water partition coefficient (Wildman–Crippen LogP) is 3.02. The number of ether oxygens (including phenoxy) is 2. The molecule has 2 N–H and O–H groups in total. The van der Waals surface area contributed by atoms with Gasteiger partial charge in [0.25, 0.3) is 6.29 Å².